The number of carboxylic acids is 1. The molecule has 19 heavy (non-hydrogen) atoms. The van der Waals surface area contributed by atoms with E-state index in [4.69, 9.17) is 0 Å². The first-order valence-corrected chi connectivity index (χ1v) is 7.44. The van der Waals surface area contributed by atoms with Gasteiger partial charge in [0.25, 0.3) is 0 Å². The third-order valence-corrected chi connectivity index (χ3v) is 3.61. The number of amides is 2. The van der Waals surface area contributed by atoms with E-state index in [9.17, 15) is 14.7 Å². The minimum Gasteiger partial charge on any atom is -0.480 e. The molecular formula is C14H26N2O3. The lowest BCUT2D eigenvalue weighted by atomic mass is 10.1. The fourth-order valence-corrected chi connectivity index (χ4v) is 2.46. The summed E-state index contributed by atoms with van der Waals surface area (Å²) in [5, 5.41) is 12.1. The van der Waals surface area contributed by atoms with Gasteiger partial charge in [0.05, 0.1) is 0 Å². The van der Waals surface area contributed by atoms with Gasteiger partial charge in [-0.2, -0.15) is 0 Å². The molecule has 0 aromatic rings. The van der Waals surface area contributed by atoms with E-state index in [-0.39, 0.29) is 6.03 Å². The smallest absolute Gasteiger partial charge is 0.326 e. The van der Waals surface area contributed by atoms with Gasteiger partial charge in [-0.1, -0.05) is 39.0 Å². The van der Waals surface area contributed by atoms with E-state index in [1.54, 1.807) is 0 Å². The molecule has 1 saturated heterocycles. The van der Waals surface area contributed by atoms with Crippen LogP contribution in [0, 0.1) is 0 Å². The van der Waals surface area contributed by atoms with Crippen LogP contribution in [-0.2, 0) is 4.79 Å². The molecule has 1 unspecified atom stereocenters. The van der Waals surface area contributed by atoms with Crippen molar-refractivity contribution >= 4 is 12.0 Å². The quantitative estimate of drug-likeness (QED) is 0.729. The molecule has 1 aliphatic heterocycles. The van der Waals surface area contributed by atoms with Crippen LogP contribution in [0.2, 0.25) is 0 Å². The van der Waals surface area contributed by atoms with Crippen molar-refractivity contribution in [2.24, 2.45) is 0 Å². The lowest BCUT2D eigenvalue weighted by Gasteiger charge is -2.27. The summed E-state index contributed by atoms with van der Waals surface area (Å²) in [6, 6.07) is -0.871. The molecule has 5 nitrogen and oxygen atoms in total. The predicted molar refractivity (Wildman–Crippen MR) is 74.1 cm³/mol. The molecule has 0 spiro atoms. The standard InChI is InChI=1S/C14H26N2O3/c1-2-3-4-7-10-15-14(19)16-11-8-5-6-9-12(16)13(17)18/h12H,2-11H2,1H3,(H,15,19)(H,17,18). The zero-order valence-corrected chi connectivity index (χ0v) is 11.9. The number of nitrogens with one attached hydrogen (secondary N) is 1. The molecule has 0 bridgehead atoms. The van der Waals surface area contributed by atoms with Crippen LogP contribution in [0.5, 0.6) is 0 Å². The maximum absolute atomic E-state index is 12.0. The van der Waals surface area contributed by atoms with E-state index in [1.807, 2.05) is 0 Å². The first-order valence-electron chi connectivity index (χ1n) is 7.44. The zero-order chi connectivity index (χ0) is 14.1. The zero-order valence-electron chi connectivity index (χ0n) is 11.9. The van der Waals surface area contributed by atoms with Gasteiger partial charge in [0.15, 0.2) is 0 Å². The number of hydrogen-bond donors (Lipinski definition) is 2. The van der Waals surface area contributed by atoms with Crippen LogP contribution >= 0.6 is 0 Å². The molecule has 1 aliphatic rings. The molecule has 5 heteroatoms. The largest absolute Gasteiger partial charge is 0.480 e. The van der Waals surface area contributed by atoms with E-state index in [0.717, 1.165) is 32.1 Å². The molecule has 110 valence electrons. The lowest BCUT2D eigenvalue weighted by Crippen LogP contribution is -2.49. The number of unbranched alkanes of at least 4 members (excludes halogenated alkanes) is 3. The molecule has 0 saturated carbocycles. The lowest BCUT2D eigenvalue weighted by molar-refractivity contribution is -0.142. The predicted octanol–water partition coefficient (Wildman–Crippen LogP) is 2.61. The van der Waals surface area contributed by atoms with Gasteiger partial charge in [-0.05, 0) is 19.3 Å². The van der Waals surface area contributed by atoms with Gasteiger partial charge >= 0.3 is 12.0 Å². The summed E-state index contributed by atoms with van der Waals surface area (Å²) in [6.45, 7) is 3.34. The van der Waals surface area contributed by atoms with Crippen molar-refractivity contribution in [1.29, 1.82) is 0 Å². The minimum absolute atomic E-state index is 0.217. The summed E-state index contributed by atoms with van der Waals surface area (Å²) in [6.07, 6.45) is 7.77. The van der Waals surface area contributed by atoms with Crippen molar-refractivity contribution in [3.05, 3.63) is 0 Å². The van der Waals surface area contributed by atoms with Crippen LogP contribution in [0.25, 0.3) is 0 Å². The number of rotatable bonds is 6. The summed E-state index contributed by atoms with van der Waals surface area (Å²) in [4.78, 5) is 24.8. The summed E-state index contributed by atoms with van der Waals surface area (Å²) in [5.74, 6) is -0.886. The normalized spacial score (nSPS) is 19.8. The van der Waals surface area contributed by atoms with E-state index >= 15 is 0 Å². The highest BCUT2D eigenvalue weighted by atomic mass is 16.4. The number of carbonyl (C=O) groups is 2. The maximum atomic E-state index is 12.0. The molecule has 2 amide bonds. The van der Waals surface area contributed by atoms with Gasteiger partial charge in [0.1, 0.15) is 6.04 Å². The van der Waals surface area contributed by atoms with Crippen LogP contribution in [0.1, 0.15) is 58.3 Å². The van der Waals surface area contributed by atoms with Crippen LogP contribution in [0.3, 0.4) is 0 Å². The van der Waals surface area contributed by atoms with Gasteiger partial charge in [-0.25, -0.2) is 9.59 Å². The van der Waals surface area contributed by atoms with E-state index in [0.29, 0.717) is 19.5 Å². The number of aliphatic carboxylic acids is 1. The highest BCUT2D eigenvalue weighted by molar-refractivity contribution is 5.82. The third kappa shape index (κ3) is 5.49. The Morgan fingerprint density at radius 3 is 2.68 bits per heavy atom. The summed E-state index contributed by atoms with van der Waals surface area (Å²) < 4.78 is 0. The van der Waals surface area contributed by atoms with Crippen LogP contribution in [0.15, 0.2) is 0 Å². The maximum Gasteiger partial charge on any atom is 0.326 e. The first kappa shape index (κ1) is 15.8. The molecule has 0 aromatic carbocycles. The number of nitrogens with zero attached hydrogens (tertiary/aromatic N) is 1. The monoisotopic (exact) mass is 270 g/mol. The van der Waals surface area contributed by atoms with E-state index in [2.05, 4.69) is 12.2 Å². The highest BCUT2D eigenvalue weighted by Crippen LogP contribution is 2.17. The van der Waals surface area contributed by atoms with Gasteiger partial charge in [-0.3, -0.25) is 0 Å². The third-order valence-electron chi connectivity index (χ3n) is 3.61. The Labute approximate surface area is 115 Å². The van der Waals surface area contributed by atoms with Crippen LogP contribution in [0.4, 0.5) is 4.79 Å². The Bertz CT molecular complexity index is 294. The Morgan fingerprint density at radius 1 is 1.21 bits per heavy atom. The Kier molecular flexibility index (Phi) is 7.30. The second-order valence-electron chi connectivity index (χ2n) is 5.19. The fourth-order valence-electron chi connectivity index (χ4n) is 2.46. The molecule has 0 aliphatic carbocycles. The molecule has 1 rings (SSSR count). The molecule has 2 N–H and O–H groups in total. The average molecular weight is 270 g/mol. The van der Waals surface area contributed by atoms with Crippen molar-refractivity contribution < 1.29 is 14.7 Å². The molecule has 0 radical (unpaired) electrons. The van der Waals surface area contributed by atoms with Gasteiger partial charge in [-0.15, -0.1) is 0 Å². The summed E-state index contributed by atoms with van der Waals surface area (Å²) in [5.41, 5.74) is 0. The molecule has 0 aromatic heterocycles. The molecular weight excluding hydrogens is 244 g/mol. The van der Waals surface area contributed by atoms with Crippen molar-refractivity contribution in [3.63, 3.8) is 0 Å². The Balaban J connectivity index is 2.40. The molecule has 1 fully saturated rings. The number of likely N-dealkylation sites (tertiary alicyclic amines) is 1. The van der Waals surface area contributed by atoms with Gasteiger partial charge in [0.2, 0.25) is 0 Å². The SMILES string of the molecule is CCCCCCNC(=O)N1CCCCCC1C(=O)O. The Hall–Kier alpha value is -1.26. The second-order valence-corrected chi connectivity index (χ2v) is 5.19. The van der Waals surface area contributed by atoms with Crippen molar-refractivity contribution in [3.8, 4) is 0 Å². The highest BCUT2D eigenvalue weighted by Gasteiger charge is 2.30. The van der Waals surface area contributed by atoms with Gasteiger partial charge < -0.3 is 15.3 Å². The minimum atomic E-state index is -0.886. The second kappa shape index (κ2) is 8.77. The summed E-state index contributed by atoms with van der Waals surface area (Å²) >= 11 is 0. The number of hydrogen-bond acceptors (Lipinski definition) is 2. The fraction of sp³-hybridized carbons (Fsp3) is 0.857. The summed E-state index contributed by atoms with van der Waals surface area (Å²) in [7, 11) is 0. The van der Waals surface area contributed by atoms with E-state index in [1.165, 1.54) is 17.7 Å². The van der Waals surface area contributed by atoms with Crippen LogP contribution < -0.4 is 5.32 Å². The number of urea groups is 1. The topological polar surface area (TPSA) is 69.6 Å². The van der Waals surface area contributed by atoms with E-state index < -0.39 is 12.0 Å². The van der Waals surface area contributed by atoms with Crippen LogP contribution in [-0.4, -0.2) is 41.1 Å². The van der Waals surface area contributed by atoms with Crippen molar-refractivity contribution in [2.45, 2.75) is 64.3 Å². The number of carboxylic acid groups (broad SMARTS) is 1. The van der Waals surface area contributed by atoms with Crippen molar-refractivity contribution in [1.82, 2.24) is 10.2 Å². The number of carbonyl (C=O) groups excluding carboxylic acids is 1. The molecule has 1 heterocycles. The van der Waals surface area contributed by atoms with Gasteiger partial charge in [0, 0.05) is 13.1 Å². The molecule has 1 atom stereocenters. The first-order chi connectivity index (χ1) is 9.16. The van der Waals surface area contributed by atoms with Crippen molar-refractivity contribution in [2.75, 3.05) is 13.1 Å². The Morgan fingerprint density at radius 2 is 2.00 bits per heavy atom. The average Bonchev–Trinajstić information content (AvgIpc) is 2.63.